The van der Waals surface area contributed by atoms with E-state index >= 15 is 0 Å². The van der Waals surface area contributed by atoms with Gasteiger partial charge in [-0.05, 0) is 18.2 Å². The Hall–Kier alpha value is -1.99. The molecule has 0 saturated carbocycles. The zero-order valence-electron chi connectivity index (χ0n) is 10.5. The lowest BCUT2D eigenvalue weighted by Crippen LogP contribution is -2.05. The maximum absolute atomic E-state index is 13.1. The first-order valence-electron chi connectivity index (χ1n) is 5.82. The quantitative estimate of drug-likeness (QED) is 0.876. The van der Waals surface area contributed by atoms with Crippen LogP contribution in [0.4, 0.5) is 10.2 Å². The van der Waals surface area contributed by atoms with Gasteiger partial charge in [-0.15, -0.1) is 6.42 Å². The lowest BCUT2D eigenvalue weighted by atomic mass is 10.1. The molecule has 98 valence electrons. The SMILES string of the molecule is C#CCn1c(CC)nc(-c2ccc(F)cc2Cl)c1N. The van der Waals surface area contributed by atoms with Gasteiger partial charge in [-0.25, -0.2) is 9.37 Å². The van der Waals surface area contributed by atoms with Crippen LogP contribution in [0.2, 0.25) is 5.02 Å². The number of nitrogens with two attached hydrogens (primary N) is 1. The average molecular weight is 278 g/mol. The molecule has 0 fully saturated rings. The predicted octanol–water partition coefficient (Wildman–Crippen LogP) is 3.12. The van der Waals surface area contributed by atoms with Gasteiger partial charge in [0.2, 0.25) is 0 Å². The Kier molecular flexibility index (Phi) is 3.77. The summed E-state index contributed by atoms with van der Waals surface area (Å²) in [6.45, 7) is 2.31. The van der Waals surface area contributed by atoms with E-state index in [4.69, 9.17) is 23.8 Å². The van der Waals surface area contributed by atoms with Gasteiger partial charge in [0.25, 0.3) is 0 Å². The molecule has 0 aliphatic heterocycles. The largest absolute Gasteiger partial charge is 0.383 e. The predicted molar refractivity (Wildman–Crippen MR) is 75.3 cm³/mol. The Morgan fingerprint density at radius 2 is 2.26 bits per heavy atom. The van der Waals surface area contributed by atoms with Crippen LogP contribution in [-0.2, 0) is 13.0 Å². The van der Waals surface area contributed by atoms with Gasteiger partial charge in [-0.1, -0.05) is 24.4 Å². The standard InChI is InChI=1S/C14H13ClFN3/c1-3-7-19-12(4-2)18-13(14(19)17)10-6-5-9(16)8-11(10)15/h1,5-6,8H,4,7,17H2,2H3. The molecule has 1 aromatic carbocycles. The number of hydrogen-bond donors (Lipinski definition) is 1. The normalized spacial score (nSPS) is 10.4. The molecule has 1 heterocycles. The number of imidazole rings is 1. The van der Waals surface area contributed by atoms with E-state index in [0.29, 0.717) is 30.0 Å². The highest BCUT2D eigenvalue weighted by molar-refractivity contribution is 6.33. The molecule has 0 radical (unpaired) electrons. The first-order chi connectivity index (χ1) is 9.08. The maximum atomic E-state index is 13.1. The fraction of sp³-hybridized carbons (Fsp3) is 0.214. The fourth-order valence-corrected chi connectivity index (χ4v) is 2.19. The van der Waals surface area contributed by atoms with Crippen molar-refractivity contribution in [2.24, 2.45) is 0 Å². The Balaban J connectivity index is 2.60. The van der Waals surface area contributed by atoms with Gasteiger partial charge in [0.05, 0.1) is 11.6 Å². The Morgan fingerprint density at radius 1 is 1.53 bits per heavy atom. The van der Waals surface area contributed by atoms with E-state index in [-0.39, 0.29) is 5.02 Å². The highest BCUT2D eigenvalue weighted by atomic mass is 35.5. The minimum absolute atomic E-state index is 0.278. The molecule has 3 nitrogen and oxygen atoms in total. The maximum Gasteiger partial charge on any atom is 0.132 e. The number of terminal acetylenes is 1. The van der Waals surface area contributed by atoms with E-state index in [2.05, 4.69) is 10.9 Å². The second-order valence-electron chi connectivity index (χ2n) is 4.03. The fourth-order valence-electron chi connectivity index (χ4n) is 1.93. The number of hydrogen-bond acceptors (Lipinski definition) is 2. The van der Waals surface area contributed by atoms with Crippen LogP contribution < -0.4 is 5.73 Å². The van der Waals surface area contributed by atoms with E-state index in [9.17, 15) is 4.39 Å². The van der Waals surface area contributed by atoms with Gasteiger partial charge in [-0.2, -0.15) is 0 Å². The smallest absolute Gasteiger partial charge is 0.132 e. The number of halogens is 2. The summed E-state index contributed by atoms with van der Waals surface area (Å²) in [4.78, 5) is 4.44. The molecule has 2 rings (SSSR count). The molecule has 0 spiro atoms. The molecule has 0 amide bonds. The van der Waals surface area contributed by atoms with E-state index in [1.807, 2.05) is 6.92 Å². The molecule has 0 atom stereocenters. The summed E-state index contributed by atoms with van der Waals surface area (Å²) in [7, 11) is 0. The second-order valence-corrected chi connectivity index (χ2v) is 4.44. The van der Waals surface area contributed by atoms with Crippen LogP contribution in [0.3, 0.4) is 0 Å². The number of nitrogens with zero attached hydrogens (tertiary/aromatic N) is 2. The zero-order valence-corrected chi connectivity index (χ0v) is 11.2. The first kappa shape index (κ1) is 13.4. The Bertz CT molecular complexity index is 655. The molecule has 19 heavy (non-hydrogen) atoms. The van der Waals surface area contributed by atoms with Crippen molar-refractivity contribution in [1.82, 2.24) is 9.55 Å². The molecule has 0 aliphatic carbocycles. The van der Waals surface area contributed by atoms with Crippen LogP contribution in [0.1, 0.15) is 12.7 Å². The van der Waals surface area contributed by atoms with Crippen molar-refractivity contribution < 1.29 is 4.39 Å². The molecule has 2 aromatic rings. The average Bonchev–Trinajstić information content (AvgIpc) is 2.68. The lowest BCUT2D eigenvalue weighted by molar-refractivity contribution is 0.628. The topological polar surface area (TPSA) is 43.8 Å². The Morgan fingerprint density at radius 3 is 2.84 bits per heavy atom. The summed E-state index contributed by atoms with van der Waals surface area (Å²) >= 11 is 6.03. The summed E-state index contributed by atoms with van der Waals surface area (Å²) in [5.74, 6) is 3.37. The lowest BCUT2D eigenvalue weighted by Gasteiger charge is -2.05. The van der Waals surface area contributed by atoms with Crippen LogP contribution >= 0.6 is 11.6 Å². The minimum Gasteiger partial charge on any atom is -0.383 e. The highest BCUT2D eigenvalue weighted by Gasteiger charge is 2.17. The molecular formula is C14H13ClFN3. The van der Waals surface area contributed by atoms with Gasteiger partial charge < -0.3 is 10.3 Å². The zero-order chi connectivity index (χ0) is 14.0. The summed E-state index contributed by atoms with van der Waals surface area (Å²) in [5, 5.41) is 0.278. The van der Waals surface area contributed by atoms with Crippen molar-refractivity contribution in [2.45, 2.75) is 19.9 Å². The third-order valence-electron chi connectivity index (χ3n) is 2.84. The highest BCUT2D eigenvalue weighted by Crippen LogP contribution is 2.32. The molecule has 2 N–H and O–H groups in total. The van der Waals surface area contributed by atoms with Crippen LogP contribution in [0, 0.1) is 18.2 Å². The Labute approximate surface area is 116 Å². The second kappa shape index (κ2) is 5.33. The third-order valence-corrected chi connectivity index (χ3v) is 3.15. The number of aryl methyl sites for hydroxylation is 1. The third kappa shape index (κ3) is 2.42. The summed E-state index contributed by atoms with van der Waals surface area (Å²) < 4.78 is 14.8. The van der Waals surface area contributed by atoms with Gasteiger partial charge in [0, 0.05) is 12.0 Å². The van der Waals surface area contributed by atoms with E-state index < -0.39 is 5.82 Å². The van der Waals surface area contributed by atoms with Gasteiger partial charge in [0.15, 0.2) is 0 Å². The number of benzene rings is 1. The van der Waals surface area contributed by atoms with Crippen molar-refractivity contribution in [3.8, 4) is 23.6 Å². The summed E-state index contributed by atoms with van der Waals surface area (Å²) in [5.41, 5.74) is 7.20. The van der Waals surface area contributed by atoms with Crippen molar-refractivity contribution in [3.63, 3.8) is 0 Å². The number of rotatable bonds is 3. The molecule has 5 heteroatoms. The van der Waals surface area contributed by atoms with Crippen LogP contribution in [0.15, 0.2) is 18.2 Å². The van der Waals surface area contributed by atoms with E-state index in [0.717, 1.165) is 5.82 Å². The first-order valence-corrected chi connectivity index (χ1v) is 6.20. The van der Waals surface area contributed by atoms with Crippen LogP contribution in [0.5, 0.6) is 0 Å². The van der Waals surface area contributed by atoms with Crippen molar-refractivity contribution in [3.05, 3.63) is 34.9 Å². The molecule has 0 bridgehead atoms. The molecule has 0 saturated heterocycles. The molecule has 0 unspecified atom stereocenters. The molecule has 0 aliphatic rings. The van der Waals surface area contributed by atoms with Gasteiger partial charge >= 0.3 is 0 Å². The number of aromatic nitrogens is 2. The van der Waals surface area contributed by atoms with E-state index in [1.165, 1.54) is 12.1 Å². The minimum atomic E-state index is -0.397. The van der Waals surface area contributed by atoms with Gasteiger partial charge in [0.1, 0.15) is 23.2 Å². The van der Waals surface area contributed by atoms with Crippen molar-refractivity contribution in [1.29, 1.82) is 0 Å². The van der Waals surface area contributed by atoms with E-state index in [1.54, 1.807) is 10.6 Å². The van der Waals surface area contributed by atoms with Crippen molar-refractivity contribution in [2.75, 3.05) is 5.73 Å². The summed E-state index contributed by atoms with van der Waals surface area (Å²) in [6.07, 6.45) is 6.02. The monoisotopic (exact) mass is 277 g/mol. The number of nitrogen functional groups attached to an aromatic ring is 1. The molecule has 1 aromatic heterocycles. The van der Waals surface area contributed by atoms with Crippen LogP contribution in [0.25, 0.3) is 11.3 Å². The summed E-state index contributed by atoms with van der Waals surface area (Å²) in [6, 6.07) is 4.13. The number of anilines is 1. The van der Waals surface area contributed by atoms with Gasteiger partial charge in [-0.3, -0.25) is 0 Å². The van der Waals surface area contributed by atoms with Crippen molar-refractivity contribution >= 4 is 17.4 Å². The molecular weight excluding hydrogens is 265 g/mol. The van der Waals surface area contributed by atoms with Crippen LogP contribution in [-0.4, -0.2) is 9.55 Å².